The quantitative estimate of drug-likeness (QED) is 0.731. The van der Waals surface area contributed by atoms with Gasteiger partial charge in [-0.15, -0.1) is 10.2 Å². The predicted molar refractivity (Wildman–Crippen MR) is 103 cm³/mol. The van der Waals surface area contributed by atoms with Gasteiger partial charge in [0, 0.05) is 6.04 Å². The van der Waals surface area contributed by atoms with Crippen LogP contribution in [0.1, 0.15) is 42.7 Å². The molecule has 1 aromatic heterocycles. The molecule has 2 bridgehead atoms. The van der Waals surface area contributed by atoms with Crippen LogP contribution in [0.5, 0.6) is 5.75 Å². The van der Waals surface area contributed by atoms with E-state index in [2.05, 4.69) is 22.4 Å². The highest BCUT2D eigenvalue weighted by atomic mass is 32.2. The van der Waals surface area contributed by atoms with Gasteiger partial charge in [0.2, 0.25) is 5.91 Å². The summed E-state index contributed by atoms with van der Waals surface area (Å²) in [6.07, 6.45) is 5.02. The first kappa shape index (κ1) is 18.3. The first-order valence-corrected chi connectivity index (χ1v) is 10.5. The number of aromatic nitrogens is 2. The Morgan fingerprint density at radius 1 is 1.26 bits per heavy atom. The number of nitrogens with one attached hydrogen (secondary N) is 1. The molecule has 0 saturated heterocycles. The van der Waals surface area contributed by atoms with E-state index in [1.807, 2.05) is 25.1 Å². The zero-order chi connectivity index (χ0) is 18.8. The van der Waals surface area contributed by atoms with Crippen molar-refractivity contribution in [2.45, 2.75) is 57.4 Å². The summed E-state index contributed by atoms with van der Waals surface area (Å²) < 4.78 is 11.3. The van der Waals surface area contributed by atoms with Crippen LogP contribution in [0.15, 0.2) is 27.8 Å². The normalized spacial score (nSPS) is 23.6. The Hall–Kier alpha value is -2.02. The van der Waals surface area contributed by atoms with E-state index >= 15 is 0 Å². The summed E-state index contributed by atoms with van der Waals surface area (Å²) in [4.78, 5) is 12.2. The average molecular weight is 388 g/mol. The molecule has 3 atom stereocenters. The van der Waals surface area contributed by atoms with Crippen LogP contribution < -0.4 is 10.1 Å². The molecular weight excluding hydrogens is 362 g/mol. The van der Waals surface area contributed by atoms with E-state index in [0.29, 0.717) is 28.8 Å². The van der Waals surface area contributed by atoms with Crippen molar-refractivity contribution in [3.63, 3.8) is 0 Å². The summed E-state index contributed by atoms with van der Waals surface area (Å²) in [6.45, 7) is 4.33. The topological polar surface area (TPSA) is 77.2 Å². The molecule has 144 valence electrons. The fourth-order valence-corrected chi connectivity index (χ4v) is 4.69. The Morgan fingerprint density at radius 2 is 2.15 bits per heavy atom. The first-order valence-electron chi connectivity index (χ1n) is 9.51. The van der Waals surface area contributed by atoms with Gasteiger partial charge in [0.25, 0.3) is 11.1 Å². The summed E-state index contributed by atoms with van der Waals surface area (Å²) >= 11 is 1.27. The summed E-state index contributed by atoms with van der Waals surface area (Å²) in [6, 6.07) is 6.30. The minimum Gasteiger partial charge on any atom is -0.484 e. The van der Waals surface area contributed by atoms with Crippen LogP contribution in [0.25, 0.3) is 0 Å². The highest BCUT2D eigenvalue weighted by Crippen LogP contribution is 2.44. The van der Waals surface area contributed by atoms with Crippen molar-refractivity contribution in [2.24, 2.45) is 11.8 Å². The van der Waals surface area contributed by atoms with Crippen molar-refractivity contribution in [1.29, 1.82) is 0 Å². The summed E-state index contributed by atoms with van der Waals surface area (Å²) in [7, 11) is 0. The van der Waals surface area contributed by atoms with Crippen LogP contribution in [0.4, 0.5) is 0 Å². The summed E-state index contributed by atoms with van der Waals surface area (Å²) in [5.41, 5.74) is 2.40. The predicted octanol–water partition coefficient (Wildman–Crippen LogP) is 3.66. The van der Waals surface area contributed by atoms with E-state index in [1.165, 1.54) is 42.2 Å². The number of carbonyl (C=O) groups is 1. The van der Waals surface area contributed by atoms with Crippen LogP contribution in [-0.4, -0.2) is 27.9 Å². The molecule has 0 aliphatic heterocycles. The molecule has 4 rings (SSSR count). The zero-order valence-corrected chi connectivity index (χ0v) is 16.6. The third-order valence-corrected chi connectivity index (χ3v) is 6.52. The molecule has 2 saturated carbocycles. The number of ether oxygens (including phenoxy) is 1. The molecule has 1 aromatic carbocycles. The van der Waals surface area contributed by atoms with E-state index < -0.39 is 0 Å². The van der Waals surface area contributed by atoms with Gasteiger partial charge < -0.3 is 14.5 Å². The maximum Gasteiger partial charge on any atom is 0.277 e. The van der Waals surface area contributed by atoms with Crippen molar-refractivity contribution >= 4 is 17.7 Å². The van der Waals surface area contributed by atoms with Gasteiger partial charge in [0.15, 0.2) is 6.61 Å². The smallest absolute Gasteiger partial charge is 0.277 e. The lowest BCUT2D eigenvalue weighted by Crippen LogP contribution is -2.39. The van der Waals surface area contributed by atoms with Crippen molar-refractivity contribution in [3.8, 4) is 5.75 Å². The first-order chi connectivity index (χ1) is 13.1. The van der Waals surface area contributed by atoms with E-state index in [0.717, 1.165) is 18.1 Å². The highest BCUT2D eigenvalue weighted by molar-refractivity contribution is 7.99. The fraction of sp³-hybridized carbons (Fsp3) is 0.550. The van der Waals surface area contributed by atoms with Crippen LogP contribution in [0, 0.1) is 25.7 Å². The lowest BCUT2D eigenvalue weighted by Gasteiger charge is -2.22. The monoisotopic (exact) mass is 387 g/mol. The highest BCUT2D eigenvalue weighted by Gasteiger charge is 2.40. The molecular formula is C20H25N3O3S. The number of rotatable bonds is 7. The van der Waals surface area contributed by atoms with Crippen LogP contribution in [0.2, 0.25) is 0 Å². The van der Waals surface area contributed by atoms with E-state index in [4.69, 9.17) is 9.15 Å². The summed E-state index contributed by atoms with van der Waals surface area (Å²) in [5, 5.41) is 11.5. The van der Waals surface area contributed by atoms with Crippen LogP contribution in [-0.2, 0) is 11.4 Å². The molecule has 2 aliphatic carbocycles. The van der Waals surface area contributed by atoms with Gasteiger partial charge in [-0.05, 0) is 68.2 Å². The van der Waals surface area contributed by atoms with Crippen molar-refractivity contribution < 1.29 is 13.9 Å². The Kier molecular flexibility index (Phi) is 5.38. The summed E-state index contributed by atoms with van der Waals surface area (Å²) in [5.74, 6) is 3.03. The van der Waals surface area contributed by atoms with Crippen molar-refractivity contribution in [2.75, 3.05) is 5.75 Å². The molecule has 0 unspecified atom stereocenters. The van der Waals surface area contributed by atoms with Gasteiger partial charge >= 0.3 is 0 Å². The minimum atomic E-state index is 0.0451. The van der Waals surface area contributed by atoms with Gasteiger partial charge in [-0.1, -0.05) is 24.2 Å². The molecule has 6 nitrogen and oxygen atoms in total. The maximum absolute atomic E-state index is 12.2. The molecule has 0 radical (unpaired) electrons. The third kappa shape index (κ3) is 4.46. The second kappa shape index (κ2) is 7.92. The lowest BCUT2D eigenvalue weighted by molar-refractivity contribution is -0.119. The van der Waals surface area contributed by atoms with E-state index in [1.54, 1.807) is 0 Å². The largest absolute Gasteiger partial charge is 0.484 e. The minimum absolute atomic E-state index is 0.0451. The number of amides is 1. The van der Waals surface area contributed by atoms with Crippen LogP contribution >= 0.6 is 11.8 Å². The van der Waals surface area contributed by atoms with E-state index in [-0.39, 0.29) is 12.5 Å². The molecule has 2 aliphatic rings. The Morgan fingerprint density at radius 3 is 2.89 bits per heavy atom. The standard InChI is InChI=1S/C20H25N3O3S/c1-12-3-6-16(7-13(12)2)25-10-19-22-23-20(26-19)27-11-18(24)21-17-9-14-4-5-15(17)8-14/h3,6-7,14-15,17H,4-5,8-11H2,1-2H3,(H,21,24)/t14-,15+,17+/m0/s1. The van der Waals surface area contributed by atoms with Gasteiger partial charge in [0.1, 0.15) is 5.75 Å². The number of carbonyl (C=O) groups excluding carboxylic acids is 1. The number of aryl methyl sites for hydroxylation is 2. The number of thioether (sulfide) groups is 1. The zero-order valence-electron chi connectivity index (χ0n) is 15.7. The molecule has 2 aromatic rings. The number of hydrogen-bond acceptors (Lipinski definition) is 6. The second-order valence-electron chi connectivity index (χ2n) is 7.63. The molecule has 0 spiro atoms. The van der Waals surface area contributed by atoms with Crippen molar-refractivity contribution in [1.82, 2.24) is 15.5 Å². The average Bonchev–Trinajstić information content (AvgIpc) is 3.38. The number of benzene rings is 1. The Labute approximate surface area is 163 Å². The molecule has 1 amide bonds. The van der Waals surface area contributed by atoms with Crippen LogP contribution in [0.3, 0.4) is 0 Å². The van der Waals surface area contributed by atoms with Gasteiger partial charge in [-0.2, -0.15) is 0 Å². The number of hydrogen-bond donors (Lipinski definition) is 1. The molecule has 1 heterocycles. The van der Waals surface area contributed by atoms with E-state index in [9.17, 15) is 4.79 Å². The molecule has 2 fully saturated rings. The fourth-order valence-electron chi connectivity index (χ4n) is 4.10. The Bertz CT molecular complexity index is 823. The molecule has 1 N–H and O–H groups in total. The second-order valence-corrected chi connectivity index (χ2v) is 8.56. The van der Waals surface area contributed by atoms with Gasteiger partial charge in [-0.3, -0.25) is 4.79 Å². The Balaban J connectivity index is 1.22. The lowest BCUT2D eigenvalue weighted by atomic mass is 9.95. The van der Waals surface area contributed by atoms with Gasteiger partial charge in [-0.25, -0.2) is 0 Å². The van der Waals surface area contributed by atoms with Gasteiger partial charge in [0.05, 0.1) is 5.75 Å². The number of fused-ring (bicyclic) bond motifs is 2. The molecule has 27 heavy (non-hydrogen) atoms. The van der Waals surface area contributed by atoms with Crippen molar-refractivity contribution in [3.05, 3.63) is 35.2 Å². The SMILES string of the molecule is Cc1ccc(OCc2nnc(SCC(=O)N[C@@H]3C[C@H]4CC[C@@H]3C4)o2)cc1C. The number of nitrogens with zero attached hydrogens (tertiary/aromatic N) is 2. The molecule has 7 heteroatoms. The maximum atomic E-state index is 12.2. The third-order valence-electron chi connectivity index (χ3n) is 5.70.